The lowest BCUT2D eigenvalue weighted by Crippen LogP contribution is -2.00. The van der Waals surface area contributed by atoms with E-state index in [0.717, 1.165) is 89.2 Å². The average Bonchev–Trinajstić information content (AvgIpc) is 4.04. The first-order valence-corrected chi connectivity index (χ1v) is 18.8. The Kier molecular flexibility index (Phi) is 6.53. The fourth-order valence-electron chi connectivity index (χ4n) is 8.73. The normalized spacial score (nSPS) is 11.9. The van der Waals surface area contributed by atoms with Gasteiger partial charge in [0.05, 0.1) is 22.1 Å². The van der Waals surface area contributed by atoms with E-state index in [-0.39, 0.29) is 0 Å². The lowest BCUT2D eigenvalue weighted by atomic mass is 10.1. The lowest BCUT2D eigenvalue weighted by molar-refractivity contribution is 0.671. The molecule has 0 spiro atoms. The predicted molar refractivity (Wildman–Crippen MR) is 228 cm³/mol. The molecular weight excluding hydrogens is 687 g/mol. The van der Waals surface area contributed by atoms with Crippen LogP contribution in [0, 0.1) is 0 Å². The summed E-state index contributed by atoms with van der Waals surface area (Å²) in [4.78, 5) is 0. The first kappa shape index (κ1) is 30.7. The SMILES string of the molecule is c1ccc(-c2nnc(-c3ccc4c(c3)c3ccccc3n4-c3cccc(-n4c5ccccc5c5ccc6c7ccccc7oc6c54)c3)n2-c2ccccc2)cc1. The van der Waals surface area contributed by atoms with Gasteiger partial charge in [0.2, 0.25) is 0 Å². The molecule has 6 nitrogen and oxygen atoms in total. The second-order valence-corrected chi connectivity index (χ2v) is 14.3. The minimum atomic E-state index is 0.791. The van der Waals surface area contributed by atoms with Crippen LogP contribution in [-0.2, 0) is 0 Å². The van der Waals surface area contributed by atoms with Crippen molar-refractivity contribution in [1.82, 2.24) is 23.9 Å². The summed E-state index contributed by atoms with van der Waals surface area (Å²) in [5.74, 6) is 1.59. The van der Waals surface area contributed by atoms with Gasteiger partial charge in [-0.05, 0) is 72.8 Å². The first-order valence-electron chi connectivity index (χ1n) is 18.8. The summed E-state index contributed by atoms with van der Waals surface area (Å²) in [6, 6.07) is 66.2. The Labute approximate surface area is 320 Å². The van der Waals surface area contributed by atoms with Crippen molar-refractivity contribution in [3.05, 3.63) is 188 Å². The molecule has 8 aromatic carbocycles. The van der Waals surface area contributed by atoms with Crippen LogP contribution in [0.4, 0.5) is 0 Å². The van der Waals surface area contributed by atoms with Crippen molar-refractivity contribution in [3.8, 4) is 39.8 Å². The Bertz CT molecular complexity index is 3480. The molecule has 0 bridgehead atoms. The van der Waals surface area contributed by atoms with Crippen LogP contribution in [0.5, 0.6) is 0 Å². The fraction of sp³-hybridized carbons (Fsp3) is 0. The Morgan fingerprint density at radius 3 is 1.70 bits per heavy atom. The third kappa shape index (κ3) is 4.44. The van der Waals surface area contributed by atoms with Gasteiger partial charge in [-0.1, -0.05) is 115 Å². The summed E-state index contributed by atoms with van der Waals surface area (Å²) in [6.07, 6.45) is 0. The van der Waals surface area contributed by atoms with Gasteiger partial charge < -0.3 is 13.6 Å². The van der Waals surface area contributed by atoms with Crippen molar-refractivity contribution in [2.45, 2.75) is 0 Å². The van der Waals surface area contributed by atoms with E-state index in [1.165, 1.54) is 16.2 Å². The van der Waals surface area contributed by atoms with Crippen molar-refractivity contribution < 1.29 is 4.42 Å². The van der Waals surface area contributed by atoms with Crippen molar-refractivity contribution in [2.75, 3.05) is 0 Å². The molecule has 0 aliphatic carbocycles. The Morgan fingerprint density at radius 1 is 0.339 bits per heavy atom. The molecule has 0 amide bonds. The summed E-state index contributed by atoms with van der Waals surface area (Å²) in [6.45, 7) is 0. The van der Waals surface area contributed by atoms with Crippen LogP contribution >= 0.6 is 0 Å². The van der Waals surface area contributed by atoms with Crippen molar-refractivity contribution in [1.29, 1.82) is 0 Å². The van der Waals surface area contributed by atoms with Gasteiger partial charge >= 0.3 is 0 Å². The Morgan fingerprint density at radius 2 is 0.911 bits per heavy atom. The fourth-order valence-corrected chi connectivity index (χ4v) is 8.73. The monoisotopic (exact) mass is 717 g/mol. The standard InChI is InChI=1S/C50H31N5O/c1-3-14-32(15-4-1)49-51-52-50(55(49)34-16-5-2-6-17-34)33-26-29-45-42(30-33)38-21-8-10-23-43(38)53(45)35-18-13-19-36(31-35)54-44-24-11-7-20-37(44)40-27-28-41-39-22-9-12-25-46(39)56-48(41)47(40)54/h1-31H. The topological polar surface area (TPSA) is 53.7 Å². The molecule has 0 radical (unpaired) electrons. The molecule has 56 heavy (non-hydrogen) atoms. The summed E-state index contributed by atoms with van der Waals surface area (Å²) in [5.41, 5.74) is 11.4. The van der Waals surface area contributed by atoms with Crippen LogP contribution in [0.1, 0.15) is 0 Å². The molecule has 0 aliphatic rings. The second-order valence-electron chi connectivity index (χ2n) is 14.3. The molecule has 12 aromatic rings. The molecule has 4 aromatic heterocycles. The van der Waals surface area contributed by atoms with Crippen LogP contribution in [0.15, 0.2) is 192 Å². The van der Waals surface area contributed by atoms with Gasteiger partial charge in [-0.25, -0.2) is 0 Å². The maximum atomic E-state index is 6.65. The third-order valence-electron chi connectivity index (χ3n) is 11.2. The maximum absolute atomic E-state index is 6.65. The molecule has 0 saturated carbocycles. The lowest BCUT2D eigenvalue weighted by Gasteiger charge is -2.13. The highest BCUT2D eigenvalue weighted by Gasteiger charge is 2.22. The van der Waals surface area contributed by atoms with E-state index in [1.807, 2.05) is 30.3 Å². The van der Waals surface area contributed by atoms with Gasteiger partial charge in [0.15, 0.2) is 17.2 Å². The van der Waals surface area contributed by atoms with E-state index in [2.05, 4.69) is 171 Å². The number of aromatic nitrogens is 5. The number of rotatable bonds is 5. The van der Waals surface area contributed by atoms with E-state index < -0.39 is 0 Å². The number of nitrogens with zero attached hydrogens (tertiary/aromatic N) is 5. The highest BCUT2D eigenvalue weighted by Crippen LogP contribution is 2.41. The van der Waals surface area contributed by atoms with Crippen molar-refractivity contribution >= 4 is 65.6 Å². The molecule has 0 N–H and O–H groups in total. The number of hydrogen-bond acceptors (Lipinski definition) is 3. The summed E-state index contributed by atoms with van der Waals surface area (Å²) >= 11 is 0. The number of fused-ring (bicyclic) bond motifs is 10. The highest BCUT2D eigenvalue weighted by atomic mass is 16.3. The molecule has 6 heteroatoms. The quantitative estimate of drug-likeness (QED) is 0.178. The first-order chi connectivity index (χ1) is 27.8. The average molecular weight is 718 g/mol. The number of benzene rings is 8. The van der Waals surface area contributed by atoms with Crippen LogP contribution in [-0.4, -0.2) is 23.9 Å². The minimum Gasteiger partial charge on any atom is -0.454 e. The molecule has 262 valence electrons. The van der Waals surface area contributed by atoms with E-state index in [4.69, 9.17) is 14.6 Å². The van der Waals surface area contributed by atoms with E-state index in [0.29, 0.717) is 0 Å². The molecule has 0 atom stereocenters. The Hall–Kier alpha value is -7.70. The van der Waals surface area contributed by atoms with Gasteiger partial charge in [0.1, 0.15) is 5.58 Å². The number of hydrogen-bond donors (Lipinski definition) is 0. The summed E-state index contributed by atoms with van der Waals surface area (Å²) in [7, 11) is 0. The number of furan rings is 1. The van der Waals surface area contributed by atoms with Gasteiger partial charge in [-0.3, -0.25) is 4.57 Å². The largest absolute Gasteiger partial charge is 0.454 e. The summed E-state index contributed by atoms with van der Waals surface area (Å²) in [5, 5.41) is 16.5. The Balaban J connectivity index is 1.07. The van der Waals surface area contributed by atoms with Crippen LogP contribution in [0.25, 0.3) is 105 Å². The van der Waals surface area contributed by atoms with Gasteiger partial charge in [-0.15, -0.1) is 10.2 Å². The van der Waals surface area contributed by atoms with Crippen LogP contribution in [0.3, 0.4) is 0 Å². The molecular formula is C50H31N5O. The van der Waals surface area contributed by atoms with Gasteiger partial charge in [0.25, 0.3) is 0 Å². The van der Waals surface area contributed by atoms with E-state index >= 15 is 0 Å². The summed E-state index contributed by atoms with van der Waals surface area (Å²) < 4.78 is 13.5. The molecule has 0 saturated heterocycles. The molecule has 0 unspecified atom stereocenters. The molecule has 0 fully saturated rings. The zero-order valence-corrected chi connectivity index (χ0v) is 30.0. The van der Waals surface area contributed by atoms with Gasteiger partial charge in [0, 0.05) is 60.5 Å². The molecule has 0 aliphatic heterocycles. The zero-order valence-electron chi connectivity index (χ0n) is 30.0. The molecule has 4 heterocycles. The van der Waals surface area contributed by atoms with E-state index in [9.17, 15) is 0 Å². The maximum Gasteiger partial charge on any atom is 0.168 e. The van der Waals surface area contributed by atoms with Crippen LogP contribution < -0.4 is 0 Å². The predicted octanol–water partition coefficient (Wildman–Crippen LogP) is 12.7. The minimum absolute atomic E-state index is 0.791. The van der Waals surface area contributed by atoms with Crippen molar-refractivity contribution in [3.63, 3.8) is 0 Å². The zero-order chi connectivity index (χ0) is 36.7. The third-order valence-corrected chi connectivity index (χ3v) is 11.2. The van der Waals surface area contributed by atoms with Crippen molar-refractivity contribution in [2.24, 2.45) is 0 Å². The molecule has 12 rings (SSSR count). The number of para-hydroxylation sites is 4. The smallest absolute Gasteiger partial charge is 0.168 e. The van der Waals surface area contributed by atoms with Gasteiger partial charge in [-0.2, -0.15) is 0 Å². The van der Waals surface area contributed by atoms with Crippen LogP contribution in [0.2, 0.25) is 0 Å². The second kappa shape index (κ2) is 11.9. The van der Waals surface area contributed by atoms with E-state index in [1.54, 1.807) is 0 Å². The highest BCUT2D eigenvalue weighted by molar-refractivity contribution is 6.21.